The van der Waals surface area contributed by atoms with Crippen molar-refractivity contribution in [3.8, 4) is 0 Å². The highest BCUT2D eigenvalue weighted by Gasteiger charge is 2.47. The molecule has 1 heterocycles. The first-order valence-electron chi connectivity index (χ1n) is 15.9. The molecule has 0 aliphatic carbocycles. The summed E-state index contributed by atoms with van der Waals surface area (Å²) in [4.78, 5) is 13.7. The summed E-state index contributed by atoms with van der Waals surface area (Å²) in [5.74, 6) is 0.806. The van der Waals surface area contributed by atoms with Crippen LogP contribution in [0.5, 0.6) is 0 Å². The van der Waals surface area contributed by atoms with E-state index >= 15 is 0 Å². The molecule has 5 atom stereocenters. The molecule has 0 N–H and O–H groups in total. The van der Waals surface area contributed by atoms with E-state index in [-0.39, 0.29) is 46.4 Å². The van der Waals surface area contributed by atoms with Gasteiger partial charge in [0.2, 0.25) is 0 Å². The molecule has 1 saturated heterocycles. The minimum Gasteiger partial charge on any atom is -0.465 e. The summed E-state index contributed by atoms with van der Waals surface area (Å²) < 4.78 is 32.5. The molecular formula is C34H62O6SSi2. The van der Waals surface area contributed by atoms with Crippen molar-refractivity contribution in [2.75, 3.05) is 26.1 Å². The molecule has 1 aliphatic rings. The number of benzene rings is 1. The Morgan fingerprint density at radius 1 is 0.907 bits per heavy atom. The van der Waals surface area contributed by atoms with E-state index in [0.29, 0.717) is 26.1 Å². The third-order valence-corrected chi connectivity index (χ3v) is 19.7. The van der Waals surface area contributed by atoms with Gasteiger partial charge in [0, 0.05) is 36.5 Å². The molecule has 2 rings (SSSR count). The summed E-state index contributed by atoms with van der Waals surface area (Å²) in [5.41, 5.74) is -0.533. The van der Waals surface area contributed by atoms with Crippen LogP contribution in [0.4, 0.5) is 0 Å². The topological polar surface area (TPSA) is 63.2 Å². The SMILES string of the molecule is CO[C@@H]1[C@@H](CSc2ccccc2)[C@H](CCOC(=O)C(C)(C)C)O[C@@H]1C[C@@H](CO[Si](C)(C)C(C)(C)C)O[Si](C)(C)C(C)(C)C. The zero-order chi connectivity index (χ0) is 32.9. The average molecular weight is 655 g/mol. The van der Waals surface area contributed by atoms with E-state index in [9.17, 15) is 4.79 Å². The molecule has 0 radical (unpaired) electrons. The lowest BCUT2D eigenvalue weighted by molar-refractivity contribution is -0.153. The Bertz CT molecular complexity index is 997. The van der Waals surface area contributed by atoms with Crippen LogP contribution in [-0.2, 0) is 27.9 Å². The largest absolute Gasteiger partial charge is 0.465 e. The zero-order valence-corrected chi connectivity index (χ0v) is 32.5. The normalized spacial score (nSPS) is 22.9. The van der Waals surface area contributed by atoms with E-state index in [1.165, 1.54) is 4.90 Å². The molecule has 0 bridgehead atoms. The lowest BCUT2D eigenvalue weighted by Crippen LogP contribution is -2.49. The van der Waals surface area contributed by atoms with E-state index in [4.69, 9.17) is 23.1 Å². The molecule has 0 aromatic heterocycles. The second kappa shape index (κ2) is 15.3. The lowest BCUT2D eigenvalue weighted by atomic mass is 9.94. The fraction of sp³-hybridized carbons (Fsp3) is 0.794. The Labute approximate surface area is 270 Å². The predicted molar refractivity (Wildman–Crippen MR) is 185 cm³/mol. The first-order chi connectivity index (χ1) is 19.6. The molecule has 1 aromatic carbocycles. The van der Waals surface area contributed by atoms with Crippen LogP contribution in [-0.4, -0.2) is 73.1 Å². The van der Waals surface area contributed by atoms with Crippen LogP contribution in [0.1, 0.15) is 75.2 Å². The maximum atomic E-state index is 12.5. The number of carbonyl (C=O) groups is 1. The highest BCUT2D eigenvalue weighted by molar-refractivity contribution is 7.99. The number of carbonyl (C=O) groups excluding carboxylic acids is 1. The van der Waals surface area contributed by atoms with Gasteiger partial charge in [-0.15, -0.1) is 11.8 Å². The number of hydrogen-bond acceptors (Lipinski definition) is 7. The molecule has 6 nitrogen and oxygen atoms in total. The van der Waals surface area contributed by atoms with Crippen molar-refractivity contribution in [2.24, 2.45) is 11.3 Å². The third kappa shape index (κ3) is 11.3. The summed E-state index contributed by atoms with van der Waals surface area (Å²) in [7, 11) is -2.27. The van der Waals surface area contributed by atoms with E-state index in [1.54, 1.807) is 7.11 Å². The van der Waals surface area contributed by atoms with Gasteiger partial charge in [-0.05, 0) is 69.2 Å². The quantitative estimate of drug-likeness (QED) is 0.113. The Morgan fingerprint density at radius 3 is 2.00 bits per heavy atom. The third-order valence-electron chi connectivity index (χ3n) is 9.52. The Hall–Kier alpha value is -0.686. The molecule has 9 heteroatoms. The number of esters is 1. The van der Waals surface area contributed by atoms with Crippen LogP contribution >= 0.6 is 11.8 Å². The van der Waals surface area contributed by atoms with Crippen LogP contribution in [0, 0.1) is 11.3 Å². The van der Waals surface area contributed by atoms with Crippen molar-refractivity contribution in [1.29, 1.82) is 0 Å². The summed E-state index contributed by atoms with van der Waals surface area (Å²) in [6.07, 6.45) is 0.897. The summed E-state index contributed by atoms with van der Waals surface area (Å²) >= 11 is 1.82. The predicted octanol–water partition coefficient (Wildman–Crippen LogP) is 8.96. The summed E-state index contributed by atoms with van der Waals surface area (Å²) in [6.45, 7) is 29.4. The lowest BCUT2D eigenvalue weighted by Gasteiger charge is -2.42. The van der Waals surface area contributed by atoms with Crippen LogP contribution in [0.25, 0.3) is 0 Å². The van der Waals surface area contributed by atoms with Gasteiger partial charge in [-0.25, -0.2) is 0 Å². The van der Waals surface area contributed by atoms with Crippen molar-refractivity contribution in [3.63, 3.8) is 0 Å². The average Bonchev–Trinajstić information content (AvgIpc) is 3.20. The van der Waals surface area contributed by atoms with Crippen molar-refractivity contribution >= 4 is 34.4 Å². The van der Waals surface area contributed by atoms with Crippen LogP contribution < -0.4 is 0 Å². The van der Waals surface area contributed by atoms with Gasteiger partial charge in [0.05, 0.1) is 43.0 Å². The fourth-order valence-electron chi connectivity index (χ4n) is 4.60. The van der Waals surface area contributed by atoms with Gasteiger partial charge < -0.3 is 23.1 Å². The van der Waals surface area contributed by atoms with Crippen LogP contribution in [0.2, 0.25) is 36.3 Å². The Kier molecular flexibility index (Phi) is 13.7. The van der Waals surface area contributed by atoms with Gasteiger partial charge in [0.15, 0.2) is 16.6 Å². The summed E-state index contributed by atoms with van der Waals surface area (Å²) in [6, 6.07) is 10.5. The molecule has 0 amide bonds. The van der Waals surface area contributed by atoms with Crippen molar-refractivity contribution in [1.82, 2.24) is 0 Å². The fourth-order valence-corrected chi connectivity index (χ4v) is 8.13. The molecule has 248 valence electrons. The number of hydrogen-bond donors (Lipinski definition) is 0. The zero-order valence-electron chi connectivity index (χ0n) is 29.7. The second-order valence-corrected chi connectivity index (χ2v) is 26.8. The Balaban J connectivity index is 2.30. The van der Waals surface area contributed by atoms with Gasteiger partial charge in [-0.3, -0.25) is 4.79 Å². The highest BCUT2D eigenvalue weighted by atomic mass is 32.2. The number of methoxy groups -OCH3 is 1. The minimum atomic E-state index is -2.08. The van der Waals surface area contributed by atoms with Gasteiger partial charge in [-0.1, -0.05) is 59.7 Å². The first kappa shape index (κ1) is 38.5. The molecule has 1 aliphatic heterocycles. The number of rotatable bonds is 14. The molecule has 43 heavy (non-hydrogen) atoms. The second-order valence-electron chi connectivity index (χ2n) is 16.2. The highest BCUT2D eigenvalue weighted by Crippen LogP contribution is 2.42. The first-order valence-corrected chi connectivity index (χ1v) is 22.7. The molecule has 0 saturated carbocycles. The minimum absolute atomic E-state index is 0.0771. The van der Waals surface area contributed by atoms with Crippen molar-refractivity contribution in [2.45, 2.75) is 141 Å². The van der Waals surface area contributed by atoms with Gasteiger partial charge in [-0.2, -0.15) is 0 Å². The standard InChI is InChI=1S/C34H62O6SSi2/c1-32(2,3)31(35)37-21-20-28-27(24-41-26-18-16-15-17-19-26)30(36-10)29(39-28)22-25(40-43(13,14)34(7,8)9)23-38-42(11,12)33(4,5)6/h15-19,25,27-30H,20-24H2,1-14H3/t25-,27-,28-,29+,30+/m0/s1. The van der Waals surface area contributed by atoms with Crippen molar-refractivity contribution in [3.05, 3.63) is 30.3 Å². The summed E-state index contributed by atoms with van der Waals surface area (Å²) in [5, 5.41) is 0.191. The molecule has 0 spiro atoms. The van der Waals surface area contributed by atoms with E-state index in [0.717, 1.165) is 5.75 Å². The smallest absolute Gasteiger partial charge is 0.311 e. The van der Waals surface area contributed by atoms with E-state index in [2.05, 4.69) is 92.0 Å². The van der Waals surface area contributed by atoms with Crippen molar-refractivity contribution < 1.29 is 27.9 Å². The Morgan fingerprint density at radius 2 is 1.49 bits per heavy atom. The maximum Gasteiger partial charge on any atom is 0.311 e. The monoisotopic (exact) mass is 654 g/mol. The van der Waals surface area contributed by atoms with Gasteiger partial charge in [0.25, 0.3) is 0 Å². The molecule has 1 aromatic rings. The number of ether oxygens (including phenoxy) is 3. The van der Waals surface area contributed by atoms with Gasteiger partial charge in [0.1, 0.15) is 0 Å². The molecular weight excluding hydrogens is 593 g/mol. The molecule has 0 unspecified atom stereocenters. The van der Waals surface area contributed by atoms with Crippen LogP contribution in [0.3, 0.4) is 0 Å². The van der Waals surface area contributed by atoms with Gasteiger partial charge >= 0.3 is 5.97 Å². The molecule has 1 fully saturated rings. The van der Waals surface area contributed by atoms with E-state index < -0.39 is 22.0 Å². The van der Waals surface area contributed by atoms with Crippen LogP contribution in [0.15, 0.2) is 35.2 Å². The maximum absolute atomic E-state index is 12.5. The number of thioether (sulfide) groups is 1. The van der Waals surface area contributed by atoms with E-state index in [1.807, 2.05) is 38.6 Å².